The number of Topliss-reactive ketones (excluding diaryl/α,β-unsaturated/α-hetero) is 1. The number of rotatable bonds is 19. The van der Waals surface area contributed by atoms with Gasteiger partial charge in [-0.1, -0.05) is 70.2 Å². The highest BCUT2D eigenvalue weighted by Crippen LogP contribution is 2.18. The van der Waals surface area contributed by atoms with E-state index in [1.807, 2.05) is 44.2 Å². The predicted molar refractivity (Wildman–Crippen MR) is 208 cm³/mol. The smallest absolute Gasteiger partial charge is 0.273 e. The molecular weight excluding hydrogens is 722 g/mol. The Bertz CT molecular complexity index is 2010. The molecule has 56 heavy (non-hydrogen) atoms. The van der Waals surface area contributed by atoms with Crippen molar-refractivity contribution in [1.82, 2.24) is 36.4 Å². The number of fused-ring (bicyclic) bond motifs is 1. The van der Waals surface area contributed by atoms with E-state index in [4.69, 9.17) is 4.74 Å². The fourth-order valence-electron chi connectivity index (χ4n) is 6.58. The van der Waals surface area contributed by atoms with Crippen LogP contribution in [0.4, 0.5) is 0 Å². The number of hydrogen-bond donors (Lipinski definition) is 6. The SMILES string of the molecule is CC(=O)N[C@H](C(=O)N[C@H](C(=O)N[C@@H](CC(C)C)C(=O)N[C@@H](C[C@@H]1CCNC1=O)C(=O)Cn1[nH]c(=O)c2ccccc2c1=O)C(C)OCc1ccccc1)C(C)C. The van der Waals surface area contributed by atoms with Gasteiger partial charge in [-0.15, -0.1) is 0 Å². The number of carbonyl (C=O) groups is 6. The molecule has 0 aliphatic carbocycles. The molecule has 2 heterocycles. The Balaban J connectivity index is 1.60. The zero-order valence-corrected chi connectivity index (χ0v) is 32.7. The Morgan fingerprint density at radius 1 is 0.786 bits per heavy atom. The minimum absolute atomic E-state index is 0.0892. The van der Waals surface area contributed by atoms with Gasteiger partial charge in [-0.05, 0) is 55.7 Å². The first-order chi connectivity index (χ1) is 26.5. The Morgan fingerprint density at radius 3 is 2.02 bits per heavy atom. The molecule has 1 aromatic heterocycles. The van der Waals surface area contributed by atoms with Crippen LogP contribution < -0.4 is 37.7 Å². The molecule has 0 saturated carbocycles. The lowest BCUT2D eigenvalue weighted by molar-refractivity contribution is -0.138. The summed E-state index contributed by atoms with van der Waals surface area (Å²) in [5.74, 6) is -4.55. The third kappa shape index (κ3) is 11.7. The van der Waals surface area contributed by atoms with Crippen molar-refractivity contribution in [3.63, 3.8) is 0 Å². The van der Waals surface area contributed by atoms with Crippen LogP contribution >= 0.6 is 0 Å². The van der Waals surface area contributed by atoms with Crippen LogP contribution in [0, 0.1) is 17.8 Å². The van der Waals surface area contributed by atoms with E-state index in [0.717, 1.165) is 10.2 Å². The first-order valence-corrected chi connectivity index (χ1v) is 18.9. The molecule has 1 saturated heterocycles. The lowest BCUT2D eigenvalue weighted by Crippen LogP contribution is -2.61. The number of ether oxygens (including phenoxy) is 1. The van der Waals surface area contributed by atoms with Crippen molar-refractivity contribution in [2.75, 3.05) is 6.54 Å². The summed E-state index contributed by atoms with van der Waals surface area (Å²) < 4.78 is 6.92. The van der Waals surface area contributed by atoms with Crippen molar-refractivity contribution in [1.29, 1.82) is 0 Å². The topological polar surface area (TPSA) is 227 Å². The van der Waals surface area contributed by atoms with Crippen LogP contribution in [0.2, 0.25) is 0 Å². The Hall–Kier alpha value is -5.64. The molecule has 6 N–H and O–H groups in total. The third-order valence-electron chi connectivity index (χ3n) is 9.64. The number of benzene rings is 2. The van der Waals surface area contributed by atoms with E-state index in [2.05, 4.69) is 31.7 Å². The van der Waals surface area contributed by atoms with Crippen LogP contribution in [-0.4, -0.2) is 81.9 Å². The summed E-state index contributed by atoms with van der Waals surface area (Å²) in [5, 5.41) is 16.2. The molecule has 0 radical (unpaired) electrons. The maximum Gasteiger partial charge on any atom is 0.273 e. The summed E-state index contributed by atoms with van der Waals surface area (Å²) in [6, 6.07) is 10.6. The number of H-pyrrole nitrogens is 1. The molecule has 0 spiro atoms. The summed E-state index contributed by atoms with van der Waals surface area (Å²) in [4.78, 5) is 106. The van der Waals surface area contributed by atoms with Crippen molar-refractivity contribution >= 4 is 46.1 Å². The first-order valence-electron chi connectivity index (χ1n) is 18.9. The number of aromatic amines is 1. The number of nitrogens with one attached hydrogen (secondary N) is 6. The van der Waals surface area contributed by atoms with Crippen LogP contribution in [0.1, 0.15) is 66.4 Å². The van der Waals surface area contributed by atoms with Crippen LogP contribution in [-0.2, 0) is 46.7 Å². The van der Waals surface area contributed by atoms with Gasteiger partial charge >= 0.3 is 0 Å². The molecule has 1 aliphatic heterocycles. The summed E-state index contributed by atoms with van der Waals surface area (Å²) in [5.41, 5.74) is -0.372. The van der Waals surface area contributed by atoms with Crippen molar-refractivity contribution in [2.24, 2.45) is 17.8 Å². The zero-order valence-electron chi connectivity index (χ0n) is 32.7. The molecule has 2 aromatic carbocycles. The molecule has 1 aliphatic rings. The summed E-state index contributed by atoms with van der Waals surface area (Å²) in [6.07, 6.45) is -0.464. The number of amides is 5. The molecule has 6 atom stereocenters. The van der Waals surface area contributed by atoms with Gasteiger partial charge in [0.1, 0.15) is 24.7 Å². The standard InChI is InChI=1S/C40H53N7O9/c1-22(2)18-31(44-39(54)34(24(5)56-21-26-12-8-7-9-13-26)45-38(53)33(23(3)4)42-25(6)48)37(52)43-30(19-27-16-17-41-35(27)50)32(49)20-47-40(55)29-15-11-10-14-28(29)36(51)46-47/h7-15,22-24,27,30-31,33-34H,16-21H2,1-6H3,(H,41,50)(H,42,48)(H,43,52)(H,44,54)(H,45,53)(H,46,51)/t24?,27-,30-,31-,33-,34-/m0/s1. The number of hydrogen-bond acceptors (Lipinski definition) is 9. The molecule has 3 aromatic rings. The second kappa shape index (κ2) is 19.8. The van der Waals surface area contributed by atoms with Crippen molar-refractivity contribution in [2.45, 2.75) is 104 Å². The molecule has 1 unspecified atom stereocenters. The molecular formula is C40H53N7O9. The maximum atomic E-state index is 14.1. The number of carbonyl (C=O) groups excluding carboxylic acids is 6. The van der Waals surface area contributed by atoms with Gasteiger partial charge in [0.2, 0.25) is 29.5 Å². The van der Waals surface area contributed by atoms with Gasteiger partial charge in [0.15, 0.2) is 5.78 Å². The third-order valence-corrected chi connectivity index (χ3v) is 9.64. The van der Waals surface area contributed by atoms with E-state index in [1.54, 1.807) is 32.9 Å². The number of nitrogens with zero attached hydrogens (tertiary/aromatic N) is 1. The van der Waals surface area contributed by atoms with Gasteiger partial charge in [-0.3, -0.25) is 43.5 Å². The maximum absolute atomic E-state index is 14.1. The van der Waals surface area contributed by atoms with E-state index >= 15 is 0 Å². The average molecular weight is 776 g/mol. The molecule has 0 bridgehead atoms. The Kier molecular flexibility index (Phi) is 15.2. The molecule has 5 amide bonds. The van der Waals surface area contributed by atoms with Gasteiger partial charge in [-0.25, -0.2) is 4.68 Å². The van der Waals surface area contributed by atoms with E-state index in [-0.39, 0.29) is 48.0 Å². The molecule has 4 rings (SSSR count). The van der Waals surface area contributed by atoms with Gasteiger partial charge in [0, 0.05) is 19.4 Å². The highest BCUT2D eigenvalue weighted by atomic mass is 16.5. The van der Waals surface area contributed by atoms with Crippen molar-refractivity contribution in [3.8, 4) is 0 Å². The van der Waals surface area contributed by atoms with E-state index in [0.29, 0.717) is 13.0 Å². The van der Waals surface area contributed by atoms with Crippen LogP contribution in [0.5, 0.6) is 0 Å². The van der Waals surface area contributed by atoms with Gasteiger partial charge < -0.3 is 31.3 Å². The van der Waals surface area contributed by atoms with E-state index < -0.39 is 83.3 Å². The predicted octanol–water partition coefficient (Wildman–Crippen LogP) is 1.05. The first kappa shape index (κ1) is 43.1. The fraction of sp³-hybridized carbons (Fsp3) is 0.500. The largest absolute Gasteiger partial charge is 0.371 e. The van der Waals surface area contributed by atoms with Crippen LogP contribution in [0.25, 0.3) is 10.8 Å². The van der Waals surface area contributed by atoms with E-state index in [9.17, 15) is 38.4 Å². The van der Waals surface area contributed by atoms with Crippen LogP contribution in [0.3, 0.4) is 0 Å². The van der Waals surface area contributed by atoms with Gasteiger partial charge in [0.05, 0.1) is 29.5 Å². The van der Waals surface area contributed by atoms with Crippen molar-refractivity contribution < 1.29 is 33.5 Å². The van der Waals surface area contributed by atoms with Gasteiger partial charge in [0.25, 0.3) is 11.1 Å². The molecule has 16 heteroatoms. The normalized spacial score (nSPS) is 16.7. The summed E-state index contributed by atoms with van der Waals surface area (Å²) in [6.45, 7) is 9.95. The highest BCUT2D eigenvalue weighted by Gasteiger charge is 2.37. The summed E-state index contributed by atoms with van der Waals surface area (Å²) >= 11 is 0. The molecule has 16 nitrogen and oxygen atoms in total. The minimum Gasteiger partial charge on any atom is -0.371 e. The monoisotopic (exact) mass is 775 g/mol. The lowest BCUT2D eigenvalue weighted by Gasteiger charge is -2.30. The highest BCUT2D eigenvalue weighted by molar-refractivity contribution is 5.96. The Labute approximate surface area is 324 Å². The zero-order chi connectivity index (χ0) is 41.1. The minimum atomic E-state index is -1.32. The number of aromatic nitrogens is 2. The lowest BCUT2D eigenvalue weighted by atomic mass is 9.94. The average Bonchev–Trinajstić information content (AvgIpc) is 3.56. The number of ketones is 1. The van der Waals surface area contributed by atoms with Crippen LogP contribution in [0.15, 0.2) is 64.2 Å². The summed E-state index contributed by atoms with van der Waals surface area (Å²) in [7, 11) is 0. The quantitative estimate of drug-likeness (QED) is 0.102. The second-order valence-electron chi connectivity index (χ2n) is 15.0. The second-order valence-corrected chi connectivity index (χ2v) is 15.0. The van der Waals surface area contributed by atoms with E-state index in [1.165, 1.54) is 19.1 Å². The van der Waals surface area contributed by atoms with Crippen molar-refractivity contribution in [3.05, 3.63) is 80.9 Å². The Morgan fingerprint density at radius 2 is 1.41 bits per heavy atom. The molecule has 1 fully saturated rings. The molecule has 302 valence electrons. The van der Waals surface area contributed by atoms with Gasteiger partial charge in [-0.2, -0.15) is 0 Å². The fourth-order valence-corrected chi connectivity index (χ4v) is 6.58.